The van der Waals surface area contributed by atoms with Gasteiger partial charge in [0, 0.05) is 23.3 Å². The van der Waals surface area contributed by atoms with Crippen molar-refractivity contribution in [1.29, 1.82) is 0 Å². The van der Waals surface area contributed by atoms with E-state index in [1.54, 1.807) is 30.7 Å². The van der Waals surface area contributed by atoms with E-state index in [0.29, 0.717) is 5.69 Å². The molecular formula is C8H11NO2S. The molecule has 1 N–H and O–H groups in total. The lowest BCUT2D eigenvalue weighted by Gasteiger charge is -2.06. The van der Waals surface area contributed by atoms with Crippen molar-refractivity contribution in [3.8, 4) is 0 Å². The maximum Gasteiger partial charge on any atom is 0.107 e. The van der Waals surface area contributed by atoms with Gasteiger partial charge in [-0.25, -0.2) is 0 Å². The van der Waals surface area contributed by atoms with E-state index in [1.807, 2.05) is 0 Å². The Morgan fingerprint density at radius 2 is 2.42 bits per heavy atom. The van der Waals surface area contributed by atoms with E-state index in [2.05, 4.69) is 4.98 Å². The van der Waals surface area contributed by atoms with Crippen molar-refractivity contribution < 1.29 is 9.32 Å². The average Bonchev–Trinajstić information content (AvgIpc) is 2.05. The van der Waals surface area contributed by atoms with Crippen molar-refractivity contribution in [2.45, 2.75) is 6.10 Å². The molecule has 0 aliphatic heterocycles. The number of hydrogen-bond acceptors (Lipinski definition) is 3. The molecule has 3 nitrogen and oxygen atoms in total. The molecule has 0 fully saturated rings. The number of pyridine rings is 1. The van der Waals surface area contributed by atoms with Gasteiger partial charge in [0.1, 0.15) is 6.10 Å². The van der Waals surface area contributed by atoms with Crippen LogP contribution in [0.15, 0.2) is 24.4 Å². The van der Waals surface area contributed by atoms with Crippen LogP contribution in [0.2, 0.25) is 0 Å². The molecule has 0 radical (unpaired) electrons. The SMILES string of the molecule is CS(=O)C[C@H](O)c1ccccn1. The third kappa shape index (κ3) is 2.71. The Labute approximate surface area is 73.9 Å². The number of hydrogen-bond donors (Lipinski definition) is 1. The molecule has 1 unspecified atom stereocenters. The molecule has 0 saturated carbocycles. The van der Waals surface area contributed by atoms with Crippen LogP contribution < -0.4 is 0 Å². The highest BCUT2D eigenvalue weighted by Crippen LogP contribution is 2.08. The fraction of sp³-hybridized carbons (Fsp3) is 0.375. The zero-order valence-electron chi connectivity index (χ0n) is 6.80. The first-order valence-electron chi connectivity index (χ1n) is 3.59. The van der Waals surface area contributed by atoms with Crippen LogP contribution in [0.5, 0.6) is 0 Å². The minimum atomic E-state index is -0.986. The summed E-state index contributed by atoms with van der Waals surface area (Å²) in [6.07, 6.45) is 2.46. The standard InChI is InChI=1S/C8H11NO2S/c1-12(11)6-8(10)7-4-2-3-5-9-7/h2-5,8,10H,6H2,1H3/t8-,12?/m0/s1. The Hall–Kier alpha value is -0.740. The summed E-state index contributed by atoms with van der Waals surface area (Å²) in [6.45, 7) is 0. The first-order valence-corrected chi connectivity index (χ1v) is 5.32. The molecule has 0 bridgehead atoms. The van der Waals surface area contributed by atoms with E-state index in [4.69, 9.17) is 0 Å². The predicted molar refractivity (Wildman–Crippen MR) is 48.1 cm³/mol. The van der Waals surface area contributed by atoms with E-state index in [1.165, 1.54) is 0 Å². The van der Waals surface area contributed by atoms with Gasteiger partial charge in [0.25, 0.3) is 0 Å². The van der Waals surface area contributed by atoms with Crippen molar-refractivity contribution in [3.63, 3.8) is 0 Å². The minimum absolute atomic E-state index is 0.247. The van der Waals surface area contributed by atoms with E-state index >= 15 is 0 Å². The summed E-state index contributed by atoms with van der Waals surface area (Å²) < 4.78 is 10.8. The molecule has 4 heteroatoms. The minimum Gasteiger partial charge on any atom is -0.386 e. The molecule has 12 heavy (non-hydrogen) atoms. The van der Waals surface area contributed by atoms with Gasteiger partial charge in [-0.3, -0.25) is 9.19 Å². The van der Waals surface area contributed by atoms with Gasteiger partial charge < -0.3 is 5.11 Å². The van der Waals surface area contributed by atoms with Gasteiger partial charge in [-0.1, -0.05) is 6.07 Å². The number of aromatic nitrogens is 1. The van der Waals surface area contributed by atoms with Gasteiger partial charge in [-0.2, -0.15) is 0 Å². The number of aliphatic hydroxyl groups is 1. The lowest BCUT2D eigenvalue weighted by Crippen LogP contribution is -2.08. The van der Waals surface area contributed by atoms with E-state index in [9.17, 15) is 9.32 Å². The van der Waals surface area contributed by atoms with Crippen LogP contribution in [-0.4, -0.2) is 26.3 Å². The zero-order chi connectivity index (χ0) is 8.97. The molecule has 1 aromatic rings. The predicted octanol–water partition coefficient (Wildman–Crippen LogP) is 0.493. The molecule has 0 amide bonds. The summed E-state index contributed by atoms with van der Waals surface area (Å²) in [7, 11) is -0.986. The van der Waals surface area contributed by atoms with Gasteiger partial charge in [0.15, 0.2) is 0 Å². The van der Waals surface area contributed by atoms with Crippen molar-refractivity contribution in [2.75, 3.05) is 12.0 Å². The summed E-state index contributed by atoms with van der Waals surface area (Å²) in [5.74, 6) is 0.247. The monoisotopic (exact) mass is 185 g/mol. The quantitative estimate of drug-likeness (QED) is 0.745. The van der Waals surface area contributed by atoms with E-state index < -0.39 is 16.9 Å². The van der Waals surface area contributed by atoms with Crippen LogP contribution in [0, 0.1) is 0 Å². The Kier molecular flexibility index (Phi) is 3.37. The highest BCUT2D eigenvalue weighted by molar-refractivity contribution is 7.84. The molecule has 66 valence electrons. The maximum absolute atomic E-state index is 10.8. The normalized spacial score (nSPS) is 15.5. The van der Waals surface area contributed by atoms with E-state index in [-0.39, 0.29) is 5.75 Å². The first kappa shape index (κ1) is 9.35. The molecule has 1 aromatic heterocycles. The Morgan fingerprint density at radius 1 is 1.67 bits per heavy atom. The Bertz CT molecular complexity index is 263. The largest absolute Gasteiger partial charge is 0.386 e. The fourth-order valence-electron chi connectivity index (χ4n) is 0.881. The van der Waals surface area contributed by atoms with Gasteiger partial charge in [-0.05, 0) is 12.1 Å². The molecular weight excluding hydrogens is 174 g/mol. The summed E-state index contributed by atoms with van der Waals surface area (Å²) in [6, 6.07) is 5.29. The van der Waals surface area contributed by atoms with Crippen LogP contribution in [0.3, 0.4) is 0 Å². The molecule has 0 saturated heterocycles. The second-order valence-electron chi connectivity index (χ2n) is 2.51. The van der Waals surface area contributed by atoms with Crippen LogP contribution in [0.4, 0.5) is 0 Å². The van der Waals surface area contributed by atoms with Crippen molar-refractivity contribution >= 4 is 10.8 Å². The smallest absolute Gasteiger partial charge is 0.107 e. The summed E-state index contributed by atoms with van der Waals surface area (Å²) in [5.41, 5.74) is 0.577. The number of rotatable bonds is 3. The van der Waals surface area contributed by atoms with Crippen LogP contribution >= 0.6 is 0 Å². The molecule has 1 heterocycles. The highest BCUT2D eigenvalue weighted by atomic mass is 32.2. The summed E-state index contributed by atoms with van der Waals surface area (Å²) >= 11 is 0. The van der Waals surface area contributed by atoms with Gasteiger partial charge >= 0.3 is 0 Å². The number of nitrogens with zero attached hydrogens (tertiary/aromatic N) is 1. The fourth-order valence-corrected chi connectivity index (χ4v) is 1.50. The average molecular weight is 185 g/mol. The van der Waals surface area contributed by atoms with Gasteiger partial charge in [0.05, 0.1) is 11.4 Å². The topological polar surface area (TPSA) is 50.2 Å². The molecule has 2 atom stereocenters. The lowest BCUT2D eigenvalue weighted by molar-refractivity contribution is 0.198. The third-order valence-corrected chi connectivity index (χ3v) is 2.21. The summed E-state index contributed by atoms with van der Waals surface area (Å²) in [4.78, 5) is 3.95. The molecule has 0 aliphatic carbocycles. The molecule has 0 aliphatic rings. The van der Waals surface area contributed by atoms with Crippen LogP contribution in [0.1, 0.15) is 11.8 Å². The number of aliphatic hydroxyl groups excluding tert-OH is 1. The zero-order valence-corrected chi connectivity index (χ0v) is 7.62. The maximum atomic E-state index is 10.8. The Balaban J connectivity index is 2.65. The Morgan fingerprint density at radius 3 is 2.92 bits per heavy atom. The van der Waals surface area contributed by atoms with Crippen molar-refractivity contribution in [1.82, 2.24) is 4.98 Å². The van der Waals surface area contributed by atoms with Gasteiger partial charge in [-0.15, -0.1) is 0 Å². The van der Waals surface area contributed by atoms with Crippen molar-refractivity contribution in [3.05, 3.63) is 30.1 Å². The van der Waals surface area contributed by atoms with E-state index in [0.717, 1.165) is 0 Å². The third-order valence-electron chi connectivity index (χ3n) is 1.42. The summed E-state index contributed by atoms with van der Waals surface area (Å²) in [5, 5.41) is 9.44. The highest BCUT2D eigenvalue weighted by Gasteiger charge is 2.09. The van der Waals surface area contributed by atoms with Crippen molar-refractivity contribution in [2.24, 2.45) is 0 Å². The van der Waals surface area contributed by atoms with Crippen LogP contribution in [0.25, 0.3) is 0 Å². The lowest BCUT2D eigenvalue weighted by atomic mass is 10.2. The van der Waals surface area contributed by atoms with Gasteiger partial charge in [0.2, 0.25) is 0 Å². The first-order chi connectivity index (χ1) is 5.70. The second-order valence-corrected chi connectivity index (χ2v) is 3.99. The molecule has 0 aromatic carbocycles. The molecule has 0 spiro atoms. The molecule has 1 rings (SSSR count). The van der Waals surface area contributed by atoms with Crippen LogP contribution in [-0.2, 0) is 10.8 Å². The second kappa shape index (κ2) is 4.33.